The fourth-order valence-electron chi connectivity index (χ4n) is 1.77. The lowest BCUT2D eigenvalue weighted by Crippen LogP contribution is -2.16. The number of hydrogen-bond donors (Lipinski definition) is 2. The second-order valence-corrected chi connectivity index (χ2v) is 6.38. The molecule has 6 heteroatoms. The zero-order valence-corrected chi connectivity index (χ0v) is 12.2. The second-order valence-electron chi connectivity index (χ2n) is 4.78. The molecule has 106 valence electrons. The first-order valence-electron chi connectivity index (χ1n) is 6.23. The first-order valence-corrected chi connectivity index (χ1v) is 7.72. The van der Waals surface area contributed by atoms with Gasteiger partial charge >= 0.3 is 0 Å². The molecule has 0 fully saturated rings. The molecule has 1 heterocycles. The third-order valence-corrected chi connectivity index (χ3v) is 4.24. The Morgan fingerprint density at radius 3 is 2.35 bits per heavy atom. The Bertz CT molecular complexity index is 695. The van der Waals surface area contributed by atoms with Gasteiger partial charge in [-0.25, -0.2) is 4.98 Å². The molecule has 0 saturated heterocycles. The van der Waals surface area contributed by atoms with Gasteiger partial charge in [-0.2, -0.15) is 8.42 Å². The average molecular weight is 291 g/mol. The molecule has 0 spiro atoms. The molecule has 0 saturated carbocycles. The van der Waals surface area contributed by atoms with E-state index in [4.69, 9.17) is 5.73 Å². The number of sulfonamides is 1. The molecule has 0 atom stereocenters. The summed E-state index contributed by atoms with van der Waals surface area (Å²) in [7, 11) is -3.76. The standard InChI is InChI=1S/C14H17N3O2S/c1-10(2)11-5-7-12(8-6-11)17-20(18,19)14-13(15)4-3-9-16-14/h3-10,17H,15H2,1-2H3. The number of nitrogens with one attached hydrogen (secondary N) is 1. The number of pyridine rings is 1. The topological polar surface area (TPSA) is 85.1 Å². The van der Waals surface area contributed by atoms with E-state index in [9.17, 15) is 8.42 Å². The van der Waals surface area contributed by atoms with Gasteiger partial charge in [0.1, 0.15) is 0 Å². The van der Waals surface area contributed by atoms with E-state index in [1.54, 1.807) is 18.2 Å². The molecule has 0 radical (unpaired) electrons. The van der Waals surface area contributed by atoms with Gasteiger partial charge in [-0.15, -0.1) is 0 Å². The second kappa shape index (κ2) is 5.50. The first-order chi connectivity index (χ1) is 9.40. The van der Waals surface area contributed by atoms with Crippen molar-refractivity contribution in [1.29, 1.82) is 0 Å². The molecular weight excluding hydrogens is 274 g/mol. The van der Waals surface area contributed by atoms with Gasteiger partial charge in [-0.1, -0.05) is 26.0 Å². The minimum Gasteiger partial charge on any atom is -0.396 e. The third-order valence-electron chi connectivity index (χ3n) is 2.88. The SMILES string of the molecule is CC(C)c1ccc(NS(=O)(=O)c2ncccc2N)cc1. The Hall–Kier alpha value is -2.08. The Labute approximate surface area is 118 Å². The van der Waals surface area contributed by atoms with E-state index in [-0.39, 0.29) is 10.7 Å². The molecule has 0 bridgehead atoms. The molecule has 1 aromatic carbocycles. The molecule has 0 amide bonds. The summed E-state index contributed by atoms with van der Waals surface area (Å²) < 4.78 is 26.8. The van der Waals surface area contributed by atoms with Crippen LogP contribution in [0.4, 0.5) is 11.4 Å². The summed E-state index contributed by atoms with van der Waals surface area (Å²) >= 11 is 0. The van der Waals surface area contributed by atoms with E-state index in [2.05, 4.69) is 23.6 Å². The van der Waals surface area contributed by atoms with Crippen molar-refractivity contribution in [1.82, 2.24) is 4.98 Å². The van der Waals surface area contributed by atoms with Crippen LogP contribution in [0.5, 0.6) is 0 Å². The summed E-state index contributed by atoms with van der Waals surface area (Å²) in [6, 6.07) is 10.3. The largest absolute Gasteiger partial charge is 0.396 e. The van der Waals surface area contributed by atoms with Gasteiger partial charge in [0.2, 0.25) is 0 Å². The molecule has 0 aliphatic carbocycles. The normalized spacial score (nSPS) is 11.6. The summed E-state index contributed by atoms with van der Waals surface area (Å²) in [6.07, 6.45) is 1.40. The predicted octanol–water partition coefficient (Wildman–Crippen LogP) is 2.59. The van der Waals surface area contributed by atoms with Crippen molar-refractivity contribution in [2.45, 2.75) is 24.8 Å². The van der Waals surface area contributed by atoms with Gasteiger partial charge in [-0.05, 0) is 35.7 Å². The number of nitrogens with zero attached hydrogens (tertiary/aromatic N) is 1. The third kappa shape index (κ3) is 3.08. The number of hydrogen-bond acceptors (Lipinski definition) is 4. The van der Waals surface area contributed by atoms with E-state index in [1.807, 2.05) is 12.1 Å². The van der Waals surface area contributed by atoms with Gasteiger partial charge in [0, 0.05) is 11.9 Å². The quantitative estimate of drug-likeness (QED) is 0.906. The summed E-state index contributed by atoms with van der Waals surface area (Å²) in [4.78, 5) is 3.82. The lowest BCUT2D eigenvalue weighted by molar-refractivity contribution is 0.598. The van der Waals surface area contributed by atoms with Crippen LogP contribution in [0.3, 0.4) is 0 Å². The fourth-order valence-corrected chi connectivity index (χ4v) is 2.89. The molecule has 0 aliphatic rings. The minimum absolute atomic E-state index is 0.124. The van der Waals surface area contributed by atoms with Gasteiger partial charge < -0.3 is 5.73 Å². The van der Waals surface area contributed by atoms with Crippen LogP contribution in [0.25, 0.3) is 0 Å². The number of benzene rings is 1. The van der Waals surface area contributed by atoms with Crippen molar-refractivity contribution in [3.8, 4) is 0 Å². The molecule has 0 unspecified atom stereocenters. The van der Waals surface area contributed by atoms with Crippen molar-refractivity contribution in [3.63, 3.8) is 0 Å². The number of anilines is 2. The molecule has 5 nitrogen and oxygen atoms in total. The zero-order chi connectivity index (χ0) is 14.8. The minimum atomic E-state index is -3.76. The summed E-state index contributed by atoms with van der Waals surface area (Å²) in [5.41, 5.74) is 7.40. The van der Waals surface area contributed by atoms with Crippen LogP contribution in [-0.4, -0.2) is 13.4 Å². The van der Waals surface area contributed by atoms with Crippen LogP contribution in [0.15, 0.2) is 47.6 Å². The smallest absolute Gasteiger partial charge is 0.281 e. The zero-order valence-electron chi connectivity index (χ0n) is 11.4. The molecule has 20 heavy (non-hydrogen) atoms. The van der Waals surface area contributed by atoms with Gasteiger partial charge in [0.05, 0.1) is 5.69 Å². The Balaban J connectivity index is 2.27. The highest BCUT2D eigenvalue weighted by Gasteiger charge is 2.18. The number of aromatic nitrogens is 1. The summed E-state index contributed by atoms with van der Waals surface area (Å²) in [5.74, 6) is 0.395. The van der Waals surface area contributed by atoms with Crippen LogP contribution in [0.1, 0.15) is 25.3 Å². The monoisotopic (exact) mass is 291 g/mol. The number of nitrogens with two attached hydrogens (primary N) is 1. The highest BCUT2D eigenvalue weighted by molar-refractivity contribution is 7.92. The van der Waals surface area contributed by atoms with Crippen LogP contribution in [0.2, 0.25) is 0 Å². The van der Waals surface area contributed by atoms with Gasteiger partial charge in [-0.3, -0.25) is 4.72 Å². The lowest BCUT2D eigenvalue weighted by Gasteiger charge is -2.10. The molecule has 3 N–H and O–H groups in total. The first kappa shape index (κ1) is 14.3. The van der Waals surface area contributed by atoms with Crippen LogP contribution < -0.4 is 10.5 Å². The van der Waals surface area contributed by atoms with Crippen LogP contribution in [0, 0.1) is 0 Å². The van der Waals surface area contributed by atoms with Crippen molar-refractivity contribution in [3.05, 3.63) is 48.2 Å². The van der Waals surface area contributed by atoms with E-state index in [0.29, 0.717) is 11.6 Å². The van der Waals surface area contributed by atoms with Crippen molar-refractivity contribution < 1.29 is 8.42 Å². The van der Waals surface area contributed by atoms with E-state index in [1.165, 1.54) is 12.3 Å². The predicted molar refractivity (Wildman–Crippen MR) is 80.0 cm³/mol. The maximum Gasteiger partial charge on any atom is 0.281 e. The Kier molecular flexibility index (Phi) is 3.94. The van der Waals surface area contributed by atoms with Gasteiger partial charge in [0.25, 0.3) is 10.0 Å². The van der Waals surface area contributed by atoms with Crippen molar-refractivity contribution in [2.75, 3.05) is 10.5 Å². The molecule has 2 aromatic rings. The van der Waals surface area contributed by atoms with Crippen molar-refractivity contribution >= 4 is 21.4 Å². The lowest BCUT2D eigenvalue weighted by atomic mass is 10.0. The van der Waals surface area contributed by atoms with Crippen LogP contribution in [-0.2, 0) is 10.0 Å². The summed E-state index contributed by atoms with van der Waals surface area (Å²) in [5, 5.41) is -0.159. The van der Waals surface area contributed by atoms with E-state index >= 15 is 0 Å². The average Bonchev–Trinajstić information content (AvgIpc) is 2.39. The maximum atomic E-state index is 12.2. The highest BCUT2D eigenvalue weighted by atomic mass is 32.2. The molecular formula is C14H17N3O2S. The van der Waals surface area contributed by atoms with Crippen LogP contribution >= 0.6 is 0 Å². The van der Waals surface area contributed by atoms with Gasteiger partial charge in [0.15, 0.2) is 5.03 Å². The van der Waals surface area contributed by atoms with E-state index < -0.39 is 10.0 Å². The van der Waals surface area contributed by atoms with E-state index in [0.717, 1.165) is 5.56 Å². The number of nitrogen functional groups attached to an aromatic ring is 1. The van der Waals surface area contributed by atoms with Crippen molar-refractivity contribution in [2.24, 2.45) is 0 Å². The Morgan fingerprint density at radius 2 is 1.80 bits per heavy atom. The summed E-state index contributed by atoms with van der Waals surface area (Å²) in [6.45, 7) is 4.15. The highest BCUT2D eigenvalue weighted by Crippen LogP contribution is 2.21. The fraction of sp³-hybridized carbons (Fsp3) is 0.214. The number of rotatable bonds is 4. The molecule has 1 aromatic heterocycles. The maximum absolute atomic E-state index is 12.2. The molecule has 0 aliphatic heterocycles. The molecule has 2 rings (SSSR count). The Morgan fingerprint density at radius 1 is 1.15 bits per heavy atom.